The Hall–Kier alpha value is -3.49. The van der Waals surface area contributed by atoms with E-state index in [0.29, 0.717) is 19.3 Å². The predicted octanol–water partition coefficient (Wildman–Crippen LogP) is 14.5. The van der Waals surface area contributed by atoms with Crippen molar-refractivity contribution in [2.45, 2.75) is 206 Å². The van der Waals surface area contributed by atoms with Crippen molar-refractivity contribution in [3.8, 4) is 0 Å². The zero-order valence-corrected chi connectivity index (χ0v) is 41.0. The van der Waals surface area contributed by atoms with Crippen LogP contribution in [0, 0.1) is 0 Å². The molecule has 0 saturated carbocycles. The minimum atomic E-state index is -0.886. The van der Waals surface area contributed by atoms with Crippen LogP contribution < -0.4 is 0 Å². The van der Waals surface area contributed by atoms with Crippen LogP contribution in [-0.4, -0.2) is 80.6 Å². The molecule has 0 spiro atoms. The number of carbonyl (C=O) groups is 3. The van der Waals surface area contributed by atoms with Crippen molar-refractivity contribution in [2.24, 2.45) is 0 Å². The first-order valence-electron chi connectivity index (χ1n) is 25.1. The molecule has 8 heteroatoms. The SMILES string of the molecule is CC/C=C/C/C=C/C/C=C/C/C=C/C/C=C/C/C=C/CCCCC(=O)OC(COCCC(C(=O)O)[N+](C)(C)C)COC(=O)CCCCCCC/C=C/CCCCCCCCCCC. The van der Waals surface area contributed by atoms with E-state index in [1.807, 2.05) is 21.1 Å². The third-order valence-electron chi connectivity index (χ3n) is 10.8. The van der Waals surface area contributed by atoms with Crippen LogP contribution in [-0.2, 0) is 28.6 Å². The summed E-state index contributed by atoms with van der Waals surface area (Å²) in [6.45, 7) is 4.57. The van der Waals surface area contributed by atoms with Crippen molar-refractivity contribution < 1.29 is 38.2 Å². The Morgan fingerprint density at radius 3 is 1.37 bits per heavy atom. The van der Waals surface area contributed by atoms with Crippen LogP contribution in [0.1, 0.15) is 194 Å². The minimum Gasteiger partial charge on any atom is -0.477 e. The van der Waals surface area contributed by atoms with Gasteiger partial charge in [-0.15, -0.1) is 0 Å². The fraction of sp³-hybridized carbons (Fsp3) is 0.691. The van der Waals surface area contributed by atoms with Gasteiger partial charge in [0.05, 0.1) is 34.4 Å². The lowest BCUT2D eigenvalue weighted by Crippen LogP contribution is -2.50. The molecule has 0 amide bonds. The maximum Gasteiger partial charge on any atom is 0.362 e. The number of carboxylic acid groups (broad SMARTS) is 1. The van der Waals surface area contributed by atoms with Gasteiger partial charge in [-0.05, 0) is 89.9 Å². The van der Waals surface area contributed by atoms with Crippen molar-refractivity contribution in [3.63, 3.8) is 0 Å². The van der Waals surface area contributed by atoms with E-state index in [1.54, 1.807) is 0 Å². The maximum atomic E-state index is 12.8. The van der Waals surface area contributed by atoms with Crippen LogP contribution in [0.3, 0.4) is 0 Å². The van der Waals surface area contributed by atoms with Gasteiger partial charge in [-0.25, -0.2) is 4.79 Å². The summed E-state index contributed by atoms with van der Waals surface area (Å²) in [4.78, 5) is 37.1. The number of esters is 2. The Morgan fingerprint density at radius 1 is 0.492 bits per heavy atom. The number of hydrogen-bond acceptors (Lipinski definition) is 6. The van der Waals surface area contributed by atoms with Crippen LogP contribution in [0.5, 0.6) is 0 Å². The molecule has 0 aromatic heterocycles. The second-order valence-electron chi connectivity index (χ2n) is 17.7. The summed E-state index contributed by atoms with van der Waals surface area (Å²) in [6.07, 6.45) is 59.2. The lowest BCUT2D eigenvalue weighted by molar-refractivity contribution is -0.887. The first-order chi connectivity index (χ1) is 30.6. The number of nitrogens with zero attached hydrogens (tertiary/aromatic N) is 1. The fourth-order valence-electron chi connectivity index (χ4n) is 6.91. The first-order valence-corrected chi connectivity index (χ1v) is 25.1. The molecule has 0 aliphatic rings. The molecule has 0 heterocycles. The van der Waals surface area contributed by atoms with E-state index in [9.17, 15) is 19.5 Å². The Morgan fingerprint density at radius 2 is 0.889 bits per heavy atom. The van der Waals surface area contributed by atoms with Gasteiger partial charge in [0.1, 0.15) is 6.61 Å². The molecule has 2 unspecified atom stereocenters. The molecule has 360 valence electrons. The molecule has 0 radical (unpaired) electrons. The van der Waals surface area contributed by atoms with Crippen LogP contribution in [0.2, 0.25) is 0 Å². The fourth-order valence-corrected chi connectivity index (χ4v) is 6.91. The number of quaternary nitrogens is 1. The van der Waals surface area contributed by atoms with Gasteiger partial charge in [0.25, 0.3) is 0 Å². The molecule has 0 saturated heterocycles. The number of allylic oxidation sites excluding steroid dienone is 14. The average Bonchev–Trinajstić information content (AvgIpc) is 3.24. The number of likely N-dealkylation sites (N-methyl/N-ethyl adjacent to an activating group) is 1. The smallest absolute Gasteiger partial charge is 0.362 e. The molecule has 2 atom stereocenters. The number of rotatable bonds is 44. The largest absolute Gasteiger partial charge is 0.477 e. The van der Waals surface area contributed by atoms with Gasteiger partial charge in [0, 0.05) is 19.3 Å². The van der Waals surface area contributed by atoms with Gasteiger partial charge in [-0.2, -0.15) is 0 Å². The first kappa shape index (κ1) is 59.5. The molecular weight excluding hydrogens is 787 g/mol. The van der Waals surface area contributed by atoms with Crippen LogP contribution in [0.15, 0.2) is 85.1 Å². The van der Waals surface area contributed by atoms with E-state index in [0.717, 1.165) is 83.5 Å². The number of hydrogen-bond donors (Lipinski definition) is 1. The lowest BCUT2D eigenvalue weighted by atomic mass is 10.1. The molecule has 8 nitrogen and oxygen atoms in total. The van der Waals surface area contributed by atoms with Crippen molar-refractivity contribution in [2.75, 3.05) is 41.0 Å². The van der Waals surface area contributed by atoms with Gasteiger partial charge >= 0.3 is 17.9 Å². The molecule has 63 heavy (non-hydrogen) atoms. The van der Waals surface area contributed by atoms with Crippen molar-refractivity contribution in [1.82, 2.24) is 0 Å². The summed E-state index contributed by atoms with van der Waals surface area (Å²) in [5, 5.41) is 9.65. The van der Waals surface area contributed by atoms with E-state index in [1.165, 1.54) is 70.6 Å². The Kier molecular flexibility index (Phi) is 42.6. The van der Waals surface area contributed by atoms with E-state index in [2.05, 4.69) is 98.9 Å². The zero-order chi connectivity index (χ0) is 46.3. The minimum absolute atomic E-state index is 0.0364. The van der Waals surface area contributed by atoms with Crippen LogP contribution in [0.4, 0.5) is 0 Å². The van der Waals surface area contributed by atoms with Gasteiger partial charge in [-0.1, -0.05) is 170 Å². The van der Waals surface area contributed by atoms with E-state index in [-0.39, 0.29) is 42.7 Å². The van der Waals surface area contributed by atoms with E-state index in [4.69, 9.17) is 14.2 Å². The highest BCUT2D eigenvalue weighted by molar-refractivity contribution is 5.72. The highest BCUT2D eigenvalue weighted by Gasteiger charge is 2.31. The summed E-state index contributed by atoms with van der Waals surface area (Å²) < 4.78 is 17.3. The van der Waals surface area contributed by atoms with Gasteiger partial charge in [0.2, 0.25) is 0 Å². The van der Waals surface area contributed by atoms with Crippen molar-refractivity contribution in [1.29, 1.82) is 0 Å². The van der Waals surface area contributed by atoms with Crippen LogP contribution >= 0.6 is 0 Å². The zero-order valence-electron chi connectivity index (χ0n) is 41.0. The quantitative estimate of drug-likeness (QED) is 0.0282. The third-order valence-corrected chi connectivity index (χ3v) is 10.8. The molecule has 0 aromatic carbocycles. The van der Waals surface area contributed by atoms with Crippen molar-refractivity contribution >= 4 is 17.9 Å². The summed E-state index contributed by atoms with van der Waals surface area (Å²) in [5.74, 6) is -1.54. The summed E-state index contributed by atoms with van der Waals surface area (Å²) >= 11 is 0. The number of unbranched alkanes of at least 4 members (excludes halogenated alkanes) is 16. The van der Waals surface area contributed by atoms with Crippen molar-refractivity contribution in [3.05, 3.63) is 85.1 Å². The summed E-state index contributed by atoms with van der Waals surface area (Å²) in [6, 6.07) is -0.629. The third kappa shape index (κ3) is 43.5. The molecule has 1 N–H and O–H groups in total. The molecule has 0 bridgehead atoms. The van der Waals surface area contributed by atoms with E-state index >= 15 is 0 Å². The Bertz CT molecular complexity index is 1300. The highest BCUT2D eigenvalue weighted by Crippen LogP contribution is 2.14. The molecule has 0 aliphatic carbocycles. The second kappa shape index (κ2) is 45.1. The molecular formula is C55H94NO7+. The predicted molar refractivity (Wildman–Crippen MR) is 266 cm³/mol. The monoisotopic (exact) mass is 881 g/mol. The topological polar surface area (TPSA) is 99.1 Å². The normalized spacial score (nSPS) is 13.6. The van der Waals surface area contributed by atoms with Gasteiger partial charge in [-0.3, -0.25) is 9.59 Å². The lowest BCUT2D eigenvalue weighted by Gasteiger charge is -2.31. The molecule has 0 aliphatic heterocycles. The van der Waals surface area contributed by atoms with E-state index < -0.39 is 18.1 Å². The number of carboxylic acids is 1. The molecule has 0 rings (SSSR count). The van der Waals surface area contributed by atoms with Gasteiger partial charge in [0.15, 0.2) is 12.1 Å². The maximum absolute atomic E-state index is 12.8. The molecule has 0 aromatic rings. The molecule has 0 fully saturated rings. The summed E-state index contributed by atoms with van der Waals surface area (Å²) in [5.41, 5.74) is 0. The Labute approximate surface area is 386 Å². The summed E-state index contributed by atoms with van der Waals surface area (Å²) in [7, 11) is 5.51. The number of ether oxygens (including phenoxy) is 3. The average molecular weight is 881 g/mol. The number of carbonyl (C=O) groups excluding carboxylic acids is 2. The standard InChI is InChI=1S/C55H93NO7/c1-6-8-10-12-14-16-18-20-22-24-26-27-28-30-32-34-36-38-40-42-44-46-54(58)63-51(49-61-48-47-52(55(59)60)56(3,4)5)50-62-53(57)45-43-41-39-37-35-33-31-29-25-23-21-19-17-15-13-11-9-7-2/h8,10,14,16,20,22,26-27,29-32,36,38,51-52H,6-7,9,11-13,15,17-19,21,23-25,28,33-35,37,39-50H2,1-5H3/p+1/b10-8+,16-14+,22-20+,27-26+,31-29+,32-30+,38-36+. The Balaban J connectivity index is 4.39. The second-order valence-corrected chi connectivity index (χ2v) is 17.7. The number of aliphatic carboxylic acids is 1. The highest BCUT2D eigenvalue weighted by atomic mass is 16.6. The van der Waals surface area contributed by atoms with Crippen LogP contribution in [0.25, 0.3) is 0 Å². The van der Waals surface area contributed by atoms with Gasteiger partial charge < -0.3 is 23.8 Å².